The predicted molar refractivity (Wildman–Crippen MR) is 126 cm³/mol. The Balaban J connectivity index is 2.05. The molecule has 4 rings (SSSR count). The monoisotopic (exact) mass is 417 g/mol. The molecule has 1 atom stereocenters. The summed E-state index contributed by atoms with van der Waals surface area (Å²) >= 11 is 0. The molecule has 1 N–H and O–H groups in total. The van der Waals surface area contributed by atoms with Crippen LogP contribution in [0.25, 0.3) is 16.8 Å². The van der Waals surface area contributed by atoms with Gasteiger partial charge in [-0.05, 0) is 52.3 Å². The minimum absolute atomic E-state index is 0.0321. The van der Waals surface area contributed by atoms with E-state index in [0.717, 1.165) is 55.1 Å². The molecule has 31 heavy (non-hydrogen) atoms. The maximum absolute atomic E-state index is 10.1. The van der Waals surface area contributed by atoms with E-state index in [-0.39, 0.29) is 5.54 Å². The third-order valence-corrected chi connectivity index (χ3v) is 6.59. The summed E-state index contributed by atoms with van der Waals surface area (Å²) in [6.07, 6.45) is 1.04. The molecule has 0 aliphatic carbocycles. The van der Waals surface area contributed by atoms with Crippen LogP contribution in [0.3, 0.4) is 0 Å². The Bertz CT molecular complexity index is 1120. The molecular weight excluding hydrogens is 386 g/mol. The molecule has 162 valence electrons. The number of hydrogen-bond donors (Lipinski definition) is 1. The largest absolute Gasteiger partial charge is 0.354 e. The number of fused-ring (bicyclic) bond motifs is 1. The Morgan fingerprint density at radius 1 is 1.23 bits per heavy atom. The molecule has 0 spiro atoms. The van der Waals surface area contributed by atoms with Crippen LogP contribution in [0, 0.1) is 18.3 Å². The number of aromatic nitrogens is 3. The Morgan fingerprint density at radius 2 is 1.94 bits per heavy atom. The van der Waals surface area contributed by atoms with Crippen LogP contribution < -0.4 is 15.1 Å². The highest BCUT2D eigenvalue weighted by atomic mass is 15.4. The zero-order valence-electron chi connectivity index (χ0n) is 19.1. The number of pyridine rings is 1. The molecule has 0 saturated carbocycles. The Kier molecular flexibility index (Phi) is 5.59. The van der Waals surface area contributed by atoms with Gasteiger partial charge in [-0.15, -0.1) is 5.10 Å². The molecule has 7 heteroatoms. The number of nitriles is 1. The van der Waals surface area contributed by atoms with Crippen LogP contribution in [0.15, 0.2) is 30.3 Å². The van der Waals surface area contributed by atoms with Crippen molar-refractivity contribution in [3.63, 3.8) is 0 Å². The lowest BCUT2D eigenvalue weighted by Crippen LogP contribution is -2.42. The van der Waals surface area contributed by atoms with Gasteiger partial charge >= 0.3 is 0 Å². The van der Waals surface area contributed by atoms with E-state index in [4.69, 9.17) is 10.1 Å². The average molecular weight is 418 g/mol. The third-order valence-electron chi connectivity index (χ3n) is 6.59. The Morgan fingerprint density at radius 3 is 2.52 bits per heavy atom. The highest BCUT2D eigenvalue weighted by Gasteiger charge is 2.36. The molecule has 0 radical (unpaired) electrons. The number of nitrogens with zero attached hydrogens (tertiary/aromatic N) is 6. The molecule has 0 unspecified atom stereocenters. The van der Waals surface area contributed by atoms with Gasteiger partial charge in [0.2, 0.25) is 5.95 Å². The number of rotatable bonds is 6. The minimum atomic E-state index is 0.0321. The second kappa shape index (κ2) is 8.20. The second-order valence-electron chi connectivity index (χ2n) is 8.48. The highest BCUT2D eigenvalue weighted by Crippen LogP contribution is 2.40. The third kappa shape index (κ3) is 3.51. The van der Waals surface area contributed by atoms with E-state index < -0.39 is 0 Å². The van der Waals surface area contributed by atoms with Gasteiger partial charge < -0.3 is 15.1 Å². The van der Waals surface area contributed by atoms with Crippen LogP contribution >= 0.6 is 0 Å². The quantitative estimate of drug-likeness (QED) is 0.661. The lowest BCUT2D eigenvalue weighted by molar-refractivity contribution is 0.428. The average Bonchev–Trinajstić information content (AvgIpc) is 3.39. The summed E-state index contributed by atoms with van der Waals surface area (Å²) in [4.78, 5) is 9.33. The summed E-state index contributed by atoms with van der Waals surface area (Å²) in [5.41, 5.74) is 4.35. The molecule has 1 aromatic carbocycles. The van der Waals surface area contributed by atoms with E-state index in [1.54, 1.807) is 0 Å². The molecule has 3 aromatic rings. The van der Waals surface area contributed by atoms with Crippen molar-refractivity contribution in [3.8, 4) is 17.2 Å². The normalized spacial score (nSPS) is 18.5. The molecule has 1 aliphatic heterocycles. The van der Waals surface area contributed by atoms with E-state index in [9.17, 15) is 5.26 Å². The molecule has 0 amide bonds. The molecule has 1 fully saturated rings. The molecule has 1 aliphatic rings. The van der Waals surface area contributed by atoms with E-state index in [2.05, 4.69) is 54.1 Å². The first kappa shape index (κ1) is 21.1. The first-order valence-electron chi connectivity index (χ1n) is 11.0. The fourth-order valence-electron chi connectivity index (χ4n) is 4.54. The van der Waals surface area contributed by atoms with Gasteiger partial charge in [0, 0.05) is 37.3 Å². The number of hydrogen-bond acceptors (Lipinski definition) is 6. The lowest BCUT2D eigenvalue weighted by Gasteiger charge is -2.27. The van der Waals surface area contributed by atoms with E-state index in [1.807, 2.05) is 36.7 Å². The van der Waals surface area contributed by atoms with Crippen LogP contribution in [0.1, 0.15) is 38.3 Å². The number of nitrogens with one attached hydrogen (secondary N) is 1. The maximum atomic E-state index is 10.1. The van der Waals surface area contributed by atoms with Gasteiger partial charge in [0.25, 0.3) is 0 Å². The Labute approximate surface area is 184 Å². The van der Waals surface area contributed by atoms with Crippen molar-refractivity contribution in [2.75, 3.05) is 43.0 Å². The molecule has 2 aromatic heterocycles. The topological polar surface area (TPSA) is 72.5 Å². The van der Waals surface area contributed by atoms with Crippen LogP contribution in [0.4, 0.5) is 11.8 Å². The van der Waals surface area contributed by atoms with Crippen LogP contribution in [-0.2, 0) is 0 Å². The maximum Gasteiger partial charge on any atom is 0.245 e. The van der Waals surface area contributed by atoms with Gasteiger partial charge in [-0.25, -0.2) is 0 Å². The zero-order chi connectivity index (χ0) is 22.2. The first-order chi connectivity index (χ1) is 15.0. The highest BCUT2D eigenvalue weighted by molar-refractivity contribution is 5.85. The first-order valence-corrected chi connectivity index (χ1v) is 11.0. The van der Waals surface area contributed by atoms with Crippen molar-refractivity contribution in [3.05, 3.63) is 41.5 Å². The smallest absolute Gasteiger partial charge is 0.245 e. The van der Waals surface area contributed by atoms with Crippen LogP contribution in [0.2, 0.25) is 0 Å². The van der Waals surface area contributed by atoms with Gasteiger partial charge in [-0.2, -0.15) is 14.8 Å². The number of likely N-dealkylation sites (N-methyl/N-ethyl adjacent to an activating group) is 1. The summed E-state index contributed by atoms with van der Waals surface area (Å²) in [5.74, 6) is 1.69. The van der Waals surface area contributed by atoms with Crippen LogP contribution in [0.5, 0.6) is 0 Å². The minimum Gasteiger partial charge on any atom is -0.354 e. The second-order valence-corrected chi connectivity index (χ2v) is 8.48. The standard InChI is InChI=1S/C24H31N7/c1-6-29(7-2)23-27-21-19(15-25)17(3)20(18-11-9-8-10-12-18)22(31(21)28-23)30-14-13-24(4,16-30)26-5/h8-12,26H,6-7,13-14,16H2,1-5H3/t24-/m0/s1. The van der Waals surface area contributed by atoms with Crippen molar-refractivity contribution < 1.29 is 0 Å². The van der Waals surface area contributed by atoms with E-state index >= 15 is 0 Å². The molecule has 1 saturated heterocycles. The zero-order valence-corrected chi connectivity index (χ0v) is 19.1. The predicted octanol–water partition coefficient (Wildman–Crippen LogP) is 3.61. The summed E-state index contributed by atoms with van der Waals surface area (Å²) in [6, 6.07) is 12.7. The number of benzene rings is 1. The lowest BCUT2D eigenvalue weighted by atomic mass is 9.97. The van der Waals surface area contributed by atoms with Gasteiger partial charge in [-0.3, -0.25) is 0 Å². The summed E-state index contributed by atoms with van der Waals surface area (Å²) < 4.78 is 1.91. The fraction of sp³-hybridized carbons (Fsp3) is 0.458. The van der Waals surface area contributed by atoms with Crippen molar-refractivity contribution in [1.29, 1.82) is 5.26 Å². The van der Waals surface area contributed by atoms with Crippen molar-refractivity contribution >= 4 is 17.4 Å². The van der Waals surface area contributed by atoms with Gasteiger partial charge in [0.15, 0.2) is 5.65 Å². The summed E-state index contributed by atoms with van der Waals surface area (Å²) in [6.45, 7) is 11.9. The van der Waals surface area contributed by atoms with Crippen LogP contribution in [-0.4, -0.2) is 53.4 Å². The molecule has 7 nitrogen and oxygen atoms in total. The van der Waals surface area contributed by atoms with Gasteiger partial charge in [-0.1, -0.05) is 30.3 Å². The molecule has 0 bridgehead atoms. The van der Waals surface area contributed by atoms with Crippen molar-refractivity contribution in [1.82, 2.24) is 19.9 Å². The Hall–Kier alpha value is -3.11. The summed E-state index contributed by atoms with van der Waals surface area (Å²) in [7, 11) is 2.02. The van der Waals surface area contributed by atoms with E-state index in [1.165, 1.54) is 0 Å². The van der Waals surface area contributed by atoms with Gasteiger partial charge in [0.1, 0.15) is 17.5 Å². The van der Waals surface area contributed by atoms with E-state index in [0.29, 0.717) is 17.2 Å². The SMILES string of the molecule is CCN(CC)c1nc2c(C#N)c(C)c(-c3ccccc3)c(N3CC[C@](C)(NC)C3)n2n1. The van der Waals surface area contributed by atoms with Crippen molar-refractivity contribution in [2.45, 2.75) is 39.7 Å². The molecule has 3 heterocycles. The fourth-order valence-corrected chi connectivity index (χ4v) is 4.54. The number of anilines is 2. The molecular formula is C24H31N7. The van der Waals surface area contributed by atoms with Crippen molar-refractivity contribution in [2.24, 2.45) is 0 Å². The summed E-state index contributed by atoms with van der Waals surface area (Å²) in [5, 5.41) is 18.5. The van der Waals surface area contributed by atoms with Gasteiger partial charge in [0.05, 0.1) is 0 Å².